The average Bonchev–Trinajstić information content (AvgIpc) is 3.26. The fraction of sp³-hybridized carbons (Fsp3) is 0.360. The van der Waals surface area contributed by atoms with E-state index in [1.54, 1.807) is 49.1 Å². The van der Waals surface area contributed by atoms with Crippen molar-refractivity contribution in [3.8, 4) is 23.0 Å². The highest BCUT2D eigenvalue weighted by Gasteiger charge is 2.37. The van der Waals surface area contributed by atoms with Crippen LogP contribution in [0.4, 0.5) is 5.95 Å². The molecule has 1 N–H and O–H groups in total. The van der Waals surface area contributed by atoms with Gasteiger partial charge in [0, 0.05) is 31.0 Å². The van der Waals surface area contributed by atoms with Crippen LogP contribution in [0.1, 0.15) is 44.3 Å². The predicted molar refractivity (Wildman–Crippen MR) is 146 cm³/mol. The number of hydrogen-bond acceptors (Lipinski definition) is 11. The van der Waals surface area contributed by atoms with Gasteiger partial charge in [0.25, 0.3) is 5.88 Å². The molecule has 0 bridgehead atoms. The number of nitrogens with zero attached hydrogens (tertiary/aromatic N) is 7. The van der Waals surface area contributed by atoms with Gasteiger partial charge in [0.2, 0.25) is 16.0 Å². The van der Waals surface area contributed by atoms with Gasteiger partial charge in [0.15, 0.2) is 17.4 Å². The molecule has 0 saturated heterocycles. The third-order valence-electron chi connectivity index (χ3n) is 6.23. The number of aromatic nitrogens is 7. The van der Waals surface area contributed by atoms with Crippen molar-refractivity contribution in [1.82, 2.24) is 34.7 Å². The molecule has 1 aliphatic heterocycles. The molecule has 40 heavy (non-hydrogen) atoms. The standard InChI is InChI=1S/C25H27ClN8O5S/c1-14(2)39-20(22-29-11-17(26)12-30-22)15(3)40(35,36)33-25-32-31-23-18-7-9-28-24(37-4)21(18)38-13-19(34(23)25)16-6-5-8-27-10-16/h5-12,14-15,19-20H,13H2,1-4H3,(H,32,33)/t15-,19+,20+/m0/s1. The van der Waals surface area contributed by atoms with Crippen molar-refractivity contribution in [3.63, 3.8) is 0 Å². The summed E-state index contributed by atoms with van der Waals surface area (Å²) in [7, 11) is -2.65. The number of pyridine rings is 2. The Morgan fingerprint density at radius 2 is 1.88 bits per heavy atom. The lowest BCUT2D eigenvalue weighted by atomic mass is 10.1. The summed E-state index contributed by atoms with van der Waals surface area (Å²) in [5, 5.41) is 7.78. The van der Waals surface area contributed by atoms with E-state index in [9.17, 15) is 8.42 Å². The van der Waals surface area contributed by atoms with Gasteiger partial charge in [-0.3, -0.25) is 14.3 Å². The second kappa shape index (κ2) is 11.3. The quantitative estimate of drug-likeness (QED) is 0.306. The van der Waals surface area contributed by atoms with Gasteiger partial charge in [-0.25, -0.2) is 23.4 Å². The highest BCUT2D eigenvalue weighted by Crippen LogP contribution is 2.42. The van der Waals surface area contributed by atoms with Gasteiger partial charge < -0.3 is 14.2 Å². The maximum Gasteiger partial charge on any atom is 0.257 e. The van der Waals surface area contributed by atoms with Gasteiger partial charge in [-0.05, 0) is 38.5 Å². The summed E-state index contributed by atoms with van der Waals surface area (Å²) in [5.74, 6) is 1.18. The minimum Gasteiger partial charge on any atom is -0.485 e. The van der Waals surface area contributed by atoms with E-state index < -0.39 is 27.4 Å². The number of methoxy groups -OCH3 is 1. The van der Waals surface area contributed by atoms with Crippen LogP contribution in [0.3, 0.4) is 0 Å². The minimum atomic E-state index is -4.13. The Morgan fingerprint density at radius 1 is 1.10 bits per heavy atom. The largest absolute Gasteiger partial charge is 0.485 e. The third-order valence-corrected chi connectivity index (χ3v) is 8.12. The lowest BCUT2D eigenvalue weighted by Crippen LogP contribution is -2.35. The van der Waals surface area contributed by atoms with Gasteiger partial charge in [0.05, 0.1) is 29.8 Å². The molecule has 0 aromatic carbocycles. The summed E-state index contributed by atoms with van der Waals surface area (Å²) >= 11 is 5.95. The van der Waals surface area contributed by atoms with E-state index in [1.807, 2.05) is 6.07 Å². The topological polar surface area (TPSA) is 156 Å². The Balaban J connectivity index is 1.57. The first-order valence-electron chi connectivity index (χ1n) is 12.3. The maximum absolute atomic E-state index is 13.8. The Hall–Kier alpha value is -3.88. The van der Waals surface area contributed by atoms with E-state index in [1.165, 1.54) is 26.4 Å². The number of ether oxygens (including phenoxy) is 3. The van der Waals surface area contributed by atoms with Gasteiger partial charge in [-0.1, -0.05) is 17.7 Å². The van der Waals surface area contributed by atoms with Gasteiger partial charge >= 0.3 is 0 Å². The van der Waals surface area contributed by atoms with Gasteiger partial charge in [0.1, 0.15) is 18.0 Å². The summed E-state index contributed by atoms with van der Waals surface area (Å²) < 4.78 is 49.4. The Labute approximate surface area is 236 Å². The first-order chi connectivity index (χ1) is 19.2. The molecule has 5 heterocycles. The summed E-state index contributed by atoms with van der Waals surface area (Å²) in [6, 6.07) is 4.81. The van der Waals surface area contributed by atoms with Crippen molar-refractivity contribution in [2.24, 2.45) is 0 Å². The van der Waals surface area contributed by atoms with Crippen molar-refractivity contribution in [1.29, 1.82) is 0 Å². The Kier molecular flexibility index (Phi) is 7.83. The highest BCUT2D eigenvalue weighted by molar-refractivity contribution is 7.93. The molecule has 0 aliphatic carbocycles. The molecule has 0 amide bonds. The smallest absolute Gasteiger partial charge is 0.257 e. The lowest BCUT2D eigenvalue weighted by molar-refractivity contribution is 0.00154. The number of anilines is 1. The maximum atomic E-state index is 13.8. The molecule has 15 heteroatoms. The zero-order valence-corrected chi connectivity index (χ0v) is 23.7. The molecule has 13 nitrogen and oxygen atoms in total. The second-order valence-electron chi connectivity index (χ2n) is 9.24. The summed E-state index contributed by atoms with van der Waals surface area (Å²) in [4.78, 5) is 16.9. The minimum absolute atomic E-state index is 0.0109. The van der Waals surface area contributed by atoms with E-state index in [0.717, 1.165) is 5.56 Å². The molecule has 0 saturated carbocycles. The van der Waals surface area contributed by atoms with Crippen LogP contribution in [0, 0.1) is 0 Å². The van der Waals surface area contributed by atoms with E-state index in [-0.39, 0.29) is 30.4 Å². The van der Waals surface area contributed by atoms with Crippen LogP contribution in [0.5, 0.6) is 11.6 Å². The summed E-state index contributed by atoms with van der Waals surface area (Å²) in [5.41, 5.74) is 1.30. The van der Waals surface area contributed by atoms with Crippen molar-refractivity contribution in [2.45, 2.75) is 44.3 Å². The van der Waals surface area contributed by atoms with Crippen molar-refractivity contribution in [3.05, 3.63) is 65.6 Å². The van der Waals surface area contributed by atoms with Crippen molar-refractivity contribution >= 4 is 27.6 Å². The molecule has 1 aliphatic rings. The fourth-order valence-electron chi connectivity index (χ4n) is 4.31. The van der Waals surface area contributed by atoms with Gasteiger partial charge in [-0.2, -0.15) is 0 Å². The van der Waals surface area contributed by atoms with Crippen LogP contribution in [-0.4, -0.2) is 68.2 Å². The number of hydrogen-bond donors (Lipinski definition) is 1. The molecule has 210 valence electrons. The monoisotopic (exact) mass is 586 g/mol. The fourth-order valence-corrected chi connectivity index (χ4v) is 5.50. The first kappa shape index (κ1) is 27.7. The zero-order valence-electron chi connectivity index (χ0n) is 22.1. The van der Waals surface area contributed by atoms with Crippen LogP contribution in [0.2, 0.25) is 5.02 Å². The summed E-state index contributed by atoms with van der Waals surface area (Å²) in [6.45, 7) is 5.22. The summed E-state index contributed by atoms with van der Waals surface area (Å²) in [6.07, 6.45) is 6.36. The van der Waals surface area contributed by atoms with E-state index >= 15 is 0 Å². The highest BCUT2D eigenvalue weighted by atomic mass is 35.5. The number of sulfonamides is 1. The normalized spacial score (nSPS) is 16.3. The predicted octanol–water partition coefficient (Wildman–Crippen LogP) is 3.47. The SMILES string of the molecule is COc1nccc2c1OC[C@H](c1cccnc1)n1c(NS(=O)(=O)[C@@H](C)[C@@H](OC(C)C)c3ncc(Cl)cn3)nnc1-2. The molecule has 3 atom stereocenters. The molecule has 0 radical (unpaired) electrons. The molecule has 4 aromatic rings. The molecular weight excluding hydrogens is 560 g/mol. The van der Waals surface area contributed by atoms with Crippen molar-refractivity contribution < 1.29 is 22.6 Å². The molecule has 0 fully saturated rings. The zero-order chi connectivity index (χ0) is 28.4. The second-order valence-corrected chi connectivity index (χ2v) is 11.7. The number of nitrogens with one attached hydrogen (secondary N) is 1. The molecule has 0 spiro atoms. The Morgan fingerprint density at radius 3 is 2.55 bits per heavy atom. The molecular formula is C25H27ClN8O5S. The van der Waals surface area contributed by atoms with Crippen LogP contribution < -0.4 is 14.2 Å². The Bertz CT molecular complexity index is 1580. The number of rotatable bonds is 9. The van der Waals surface area contributed by atoms with Crippen LogP contribution in [0.15, 0.2) is 49.2 Å². The van der Waals surface area contributed by atoms with Crippen LogP contribution >= 0.6 is 11.6 Å². The average molecular weight is 587 g/mol. The molecule has 5 rings (SSSR count). The van der Waals surface area contributed by atoms with Crippen LogP contribution in [-0.2, 0) is 14.8 Å². The lowest BCUT2D eigenvalue weighted by Gasteiger charge is -2.26. The van der Waals surface area contributed by atoms with E-state index in [4.69, 9.17) is 25.8 Å². The molecule has 4 aromatic heterocycles. The number of fused-ring (bicyclic) bond motifs is 3. The first-order valence-corrected chi connectivity index (χ1v) is 14.3. The van der Waals surface area contributed by atoms with Crippen molar-refractivity contribution in [2.75, 3.05) is 18.4 Å². The number of halogens is 1. The molecule has 0 unspecified atom stereocenters. The van der Waals surface area contributed by atoms with Crippen LogP contribution in [0.25, 0.3) is 11.4 Å². The van der Waals surface area contributed by atoms with E-state index in [2.05, 4.69) is 34.9 Å². The van der Waals surface area contributed by atoms with Gasteiger partial charge in [-0.15, -0.1) is 10.2 Å². The third kappa shape index (κ3) is 5.42. The van der Waals surface area contributed by atoms with E-state index in [0.29, 0.717) is 22.2 Å².